The zero-order valence-electron chi connectivity index (χ0n) is 8.43. The molecule has 0 radical (unpaired) electrons. The summed E-state index contributed by atoms with van der Waals surface area (Å²) >= 11 is 1.21. The molecule has 1 rings (SSSR count). The van der Waals surface area contributed by atoms with Crippen molar-refractivity contribution in [3.05, 3.63) is 5.82 Å². The zero-order valence-corrected chi connectivity index (χ0v) is 9.25. The van der Waals surface area contributed by atoms with Gasteiger partial charge < -0.3 is 16.2 Å². The van der Waals surface area contributed by atoms with E-state index in [0.717, 1.165) is 18.7 Å². The Hall–Kier alpha value is -1.21. The summed E-state index contributed by atoms with van der Waals surface area (Å²) in [6.45, 7) is 2.11. The molecule has 0 spiro atoms. The van der Waals surface area contributed by atoms with Crippen molar-refractivity contribution >= 4 is 22.6 Å². The number of nitrogens with zero attached hydrogens (tertiary/aromatic N) is 2. The van der Waals surface area contributed by atoms with Crippen LogP contribution in [0.2, 0.25) is 0 Å². The number of nitrogens with one attached hydrogen (secondary N) is 1. The van der Waals surface area contributed by atoms with Crippen LogP contribution in [-0.2, 0) is 11.2 Å². The van der Waals surface area contributed by atoms with E-state index in [2.05, 4.69) is 14.7 Å². The molecular weight excluding hydrogens is 216 g/mol. The molecule has 1 aromatic heterocycles. The first-order chi connectivity index (χ1) is 7.13. The van der Waals surface area contributed by atoms with Gasteiger partial charge in [0.2, 0.25) is 11.0 Å². The minimum Gasteiger partial charge on any atom is -0.381 e. The van der Waals surface area contributed by atoms with Crippen LogP contribution in [0.25, 0.3) is 0 Å². The lowest BCUT2D eigenvalue weighted by molar-refractivity contribution is -0.125. The summed E-state index contributed by atoms with van der Waals surface area (Å²) in [6, 6.07) is 0. The van der Waals surface area contributed by atoms with Crippen molar-refractivity contribution in [3.8, 4) is 0 Å². The predicted octanol–water partition coefficient (Wildman–Crippen LogP) is -0.251. The molecule has 15 heavy (non-hydrogen) atoms. The third-order valence-electron chi connectivity index (χ3n) is 1.72. The molecule has 0 bridgehead atoms. The van der Waals surface area contributed by atoms with Gasteiger partial charge >= 0.3 is 0 Å². The molecule has 6 nitrogen and oxygen atoms in total. The standard InChI is InChI=1S/C8H14N4O2S/c1-2-3-6-11-8(15-12-6)10-4-5(13)7(9)14/h5,13H,2-4H2,1H3,(H2,9,14)(H,10,11,12). The molecule has 84 valence electrons. The molecule has 0 saturated carbocycles. The summed E-state index contributed by atoms with van der Waals surface area (Å²) in [5, 5.41) is 12.5. The lowest BCUT2D eigenvalue weighted by Crippen LogP contribution is -2.34. The van der Waals surface area contributed by atoms with Crippen molar-refractivity contribution in [3.63, 3.8) is 0 Å². The molecule has 0 aliphatic carbocycles. The Morgan fingerprint density at radius 3 is 3.07 bits per heavy atom. The van der Waals surface area contributed by atoms with Crippen LogP contribution in [0.5, 0.6) is 0 Å². The van der Waals surface area contributed by atoms with E-state index in [4.69, 9.17) is 10.8 Å². The molecule has 4 N–H and O–H groups in total. The summed E-state index contributed by atoms with van der Waals surface area (Å²) in [7, 11) is 0. The van der Waals surface area contributed by atoms with Gasteiger partial charge in [0.15, 0.2) is 0 Å². The van der Waals surface area contributed by atoms with Crippen molar-refractivity contribution in [2.24, 2.45) is 5.73 Å². The van der Waals surface area contributed by atoms with Crippen molar-refractivity contribution in [1.29, 1.82) is 0 Å². The molecule has 0 saturated heterocycles. The second kappa shape index (κ2) is 5.62. The van der Waals surface area contributed by atoms with Gasteiger partial charge in [-0.05, 0) is 6.42 Å². The van der Waals surface area contributed by atoms with Crippen LogP contribution in [-0.4, -0.2) is 33.0 Å². The van der Waals surface area contributed by atoms with Crippen LogP contribution in [0.1, 0.15) is 19.2 Å². The highest BCUT2D eigenvalue weighted by atomic mass is 32.1. The first-order valence-electron chi connectivity index (χ1n) is 4.67. The highest BCUT2D eigenvalue weighted by Gasteiger charge is 2.11. The zero-order chi connectivity index (χ0) is 11.3. The van der Waals surface area contributed by atoms with Gasteiger partial charge in [-0.25, -0.2) is 4.98 Å². The van der Waals surface area contributed by atoms with Gasteiger partial charge in [0.05, 0.1) is 6.54 Å². The third kappa shape index (κ3) is 3.80. The molecular formula is C8H14N4O2S. The lowest BCUT2D eigenvalue weighted by Gasteiger charge is -2.05. The molecule has 0 aliphatic heterocycles. The molecule has 1 heterocycles. The smallest absolute Gasteiger partial charge is 0.248 e. The number of rotatable bonds is 6. The Labute approximate surface area is 91.7 Å². The number of carbonyl (C=O) groups is 1. The maximum absolute atomic E-state index is 10.5. The molecule has 1 amide bonds. The van der Waals surface area contributed by atoms with Crippen LogP contribution in [0, 0.1) is 0 Å². The molecule has 1 unspecified atom stereocenters. The molecule has 1 atom stereocenters. The number of aliphatic hydroxyl groups is 1. The second-order valence-electron chi connectivity index (χ2n) is 3.06. The maximum atomic E-state index is 10.5. The quantitative estimate of drug-likeness (QED) is 0.625. The SMILES string of the molecule is CCCc1nsc(NCC(O)C(N)=O)n1. The lowest BCUT2D eigenvalue weighted by atomic mass is 10.3. The highest BCUT2D eigenvalue weighted by molar-refractivity contribution is 7.09. The minimum atomic E-state index is -1.19. The monoisotopic (exact) mass is 230 g/mol. The van der Waals surface area contributed by atoms with Gasteiger partial charge in [-0.3, -0.25) is 4.79 Å². The van der Waals surface area contributed by atoms with Crippen molar-refractivity contribution in [2.45, 2.75) is 25.9 Å². The summed E-state index contributed by atoms with van der Waals surface area (Å²) in [5.74, 6) is 0.0272. The third-order valence-corrected chi connectivity index (χ3v) is 2.43. The number of anilines is 1. The Kier molecular flexibility index (Phi) is 4.44. The molecule has 7 heteroatoms. The van der Waals surface area contributed by atoms with E-state index in [1.807, 2.05) is 6.92 Å². The first-order valence-corrected chi connectivity index (χ1v) is 5.44. The molecule has 0 aromatic carbocycles. The number of aryl methyl sites for hydroxylation is 1. The van der Waals surface area contributed by atoms with E-state index in [-0.39, 0.29) is 6.54 Å². The minimum absolute atomic E-state index is 0.0656. The summed E-state index contributed by atoms with van der Waals surface area (Å²) in [4.78, 5) is 14.7. The van der Waals surface area contributed by atoms with Gasteiger partial charge in [0, 0.05) is 18.0 Å². The largest absolute Gasteiger partial charge is 0.381 e. The van der Waals surface area contributed by atoms with Gasteiger partial charge in [0.25, 0.3) is 0 Å². The summed E-state index contributed by atoms with van der Waals surface area (Å²) in [5.41, 5.74) is 4.89. The normalized spacial score (nSPS) is 12.4. The fourth-order valence-electron chi connectivity index (χ4n) is 0.935. The first kappa shape index (κ1) is 11.9. The topological polar surface area (TPSA) is 101 Å². The number of hydrogen-bond acceptors (Lipinski definition) is 6. The van der Waals surface area contributed by atoms with Crippen LogP contribution < -0.4 is 11.1 Å². The van der Waals surface area contributed by atoms with Gasteiger partial charge in [-0.1, -0.05) is 6.92 Å². The number of hydrogen-bond donors (Lipinski definition) is 3. The second-order valence-corrected chi connectivity index (χ2v) is 3.82. The fourth-order valence-corrected chi connectivity index (χ4v) is 1.55. The number of nitrogens with two attached hydrogens (primary N) is 1. The van der Waals surface area contributed by atoms with Gasteiger partial charge in [-0.15, -0.1) is 0 Å². The van der Waals surface area contributed by atoms with Gasteiger partial charge in [0.1, 0.15) is 11.9 Å². The Morgan fingerprint density at radius 2 is 2.47 bits per heavy atom. The van der Waals surface area contributed by atoms with E-state index in [0.29, 0.717) is 5.13 Å². The Balaban J connectivity index is 2.40. The van der Waals surface area contributed by atoms with E-state index in [1.54, 1.807) is 0 Å². The summed E-state index contributed by atoms with van der Waals surface area (Å²) in [6.07, 6.45) is 0.625. The van der Waals surface area contributed by atoms with Crippen molar-refractivity contribution in [2.75, 3.05) is 11.9 Å². The number of aromatic nitrogens is 2. The molecule has 0 fully saturated rings. The summed E-state index contributed by atoms with van der Waals surface area (Å²) < 4.78 is 4.10. The highest BCUT2D eigenvalue weighted by Crippen LogP contribution is 2.11. The Morgan fingerprint density at radius 1 is 1.73 bits per heavy atom. The predicted molar refractivity (Wildman–Crippen MR) is 57.6 cm³/mol. The molecule has 1 aromatic rings. The average Bonchev–Trinajstić information content (AvgIpc) is 2.62. The average molecular weight is 230 g/mol. The maximum Gasteiger partial charge on any atom is 0.248 e. The van der Waals surface area contributed by atoms with Crippen LogP contribution >= 0.6 is 11.5 Å². The van der Waals surface area contributed by atoms with E-state index in [1.165, 1.54) is 11.5 Å². The van der Waals surface area contributed by atoms with E-state index < -0.39 is 12.0 Å². The number of amides is 1. The van der Waals surface area contributed by atoms with Crippen LogP contribution in [0.4, 0.5) is 5.13 Å². The fraction of sp³-hybridized carbons (Fsp3) is 0.625. The van der Waals surface area contributed by atoms with Crippen LogP contribution in [0.15, 0.2) is 0 Å². The van der Waals surface area contributed by atoms with E-state index >= 15 is 0 Å². The van der Waals surface area contributed by atoms with Crippen molar-refractivity contribution in [1.82, 2.24) is 9.36 Å². The van der Waals surface area contributed by atoms with Crippen LogP contribution in [0.3, 0.4) is 0 Å². The van der Waals surface area contributed by atoms with E-state index in [9.17, 15) is 4.79 Å². The number of primary amides is 1. The number of aliphatic hydroxyl groups excluding tert-OH is 1. The number of carbonyl (C=O) groups excluding carboxylic acids is 1. The van der Waals surface area contributed by atoms with Gasteiger partial charge in [-0.2, -0.15) is 4.37 Å². The Bertz CT molecular complexity index is 328. The van der Waals surface area contributed by atoms with Crippen molar-refractivity contribution < 1.29 is 9.90 Å². The molecule has 0 aliphatic rings.